The van der Waals surface area contributed by atoms with Crippen LogP contribution in [0.4, 0.5) is 5.82 Å². The maximum absolute atomic E-state index is 12.9. The summed E-state index contributed by atoms with van der Waals surface area (Å²) in [5, 5.41) is 7.53. The second-order valence-corrected chi connectivity index (χ2v) is 9.80. The van der Waals surface area contributed by atoms with Crippen molar-refractivity contribution >= 4 is 22.9 Å². The van der Waals surface area contributed by atoms with Crippen LogP contribution in [-0.4, -0.2) is 40.2 Å². The Labute approximate surface area is 229 Å². The van der Waals surface area contributed by atoms with E-state index in [-0.39, 0.29) is 11.9 Å². The molecule has 0 saturated heterocycles. The van der Waals surface area contributed by atoms with E-state index in [2.05, 4.69) is 32.5 Å². The van der Waals surface area contributed by atoms with E-state index in [1.165, 1.54) is 5.56 Å². The Balaban J connectivity index is 1.31. The lowest BCUT2D eigenvalue weighted by Crippen LogP contribution is -2.27. The molecule has 0 radical (unpaired) electrons. The first-order valence-electron chi connectivity index (χ1n) is 13.0. The van der Waals surface area contributed by atoms with Crippen molar-refractivity contribution in [1.29, 1.82) is 0 Å². The molecule has 10 heteroatoms. The number of carbonyl (C=O) groups excluding carboxylic acids is 1. The quantitative estimate of drug-likeness (QED) is 0.340. The lowest BCUT2D eigenvalue weighted by molar-refractivity contribution is 0.0936. The number of amides is 1. The van der Waals surface area contributed by atoms with E-state index in [0.717, 1.165) is 40.9 Å². The fourth-order valence-corrected chi connectivity index (χ4v) is 5.33. The zero-order valence-corrected chi connectivity index (χ0v) is 21.7. The van der Waals surface area contributed by atoms with Gasteiger partial charge in [0.15, 0.2) is 17.3 Å². The van der Waals surface area contributed by atoms with Crippen LogP contribution in [0.1, 0.15) is 39.6 Å². The van der Waals surface area contributed by atoms with Gasteiger partial charge in [0, 0.05) is 41.7 Å². The van der Waals surface area contributed by atoms with Crippen LogP contribution in [0.5, 0.6) is 0 Å². The Morgan fingerprint density at radius 2 is 1.93 bits per heavy atom. The fraction of sp³-hybridized carbons (Fsp3) is 0.133. The van der Waals surface area contributed by atoms with Crippen molar-refractivity contribution < 1.29 is 4.79 Å². The number of aryl methyl sites for hydroxylation is 2. The number of nitrogens with one attached hydrogen (secondary N) is 1. The maximum atomic E-state index is 12.9. The number of fused-ring (bicyclic) bond motifs is 2. The molecule has 5 heterocycles. The first kappa shape index (κ1) is 23.7. The Morgan fingerprint density at radius 3 is 2.75 bits per heavy atom. The van der Waals surface area contributed by atoms with Crippen molar-refractivity contribution in [3.05, 3.63) is 108 Å². The van der Waals surface area contributed by atoms with Gasteiger partial charge in [0.25, 0.3) is 5.91 Å². The van der Waals surface area contributed by atoms with Crippen LogP contribution in [0.25, 0.3) is 34.1 Å². The predicted molar refractivity (Wildman–Crippen MR) is 151 cm³/mol. The monoisotopic (exact) mass is 527 g/mol. The van der Waals surface area contributed by atoms with E-state index < -0.39 is 0 Å². The molecule has 1 aliphatic carbocycles. The van der Waals surface area contributed by atoms with E-state index in [4.69, 9.17) is 15.7 Å². The average Bonchev–Trinajstić information content (AvgIpc) is 3.72. The highest BCUT2D eigenvalue weighted by molar-refractivity contribution is 5.94. The average molecular weight is 528 g/mol. The molecule has 1 atom stereocenters. The van der Waals surface area contributed by atoms with Crippen molar-refractivity contribution in [2.75, 3.05) is 5.73 Å². The van der Waals surface area contributed by atoms with Gasteiger partial charge >= 0.3 is 0 Å². The molecule has 5 aromatic heterocycles. The molecule has 1 amide bonds. The molecule has 1 aliphatic rings. The Morgan fingerprint density at radius 1 is 1.00 bits per heavy atom. The van der Waals surface area contributed by atoms with Gasteiger partial charge < -0.3 is 11.1 Å². The first-order valence-corrected chi connectivity index (χ1v) is 13.0. The van der Waals surface area contributed by atoms with Crippen molar-refractivity contribution in [2.24, 2.45) is 0 Å². The summed E-state index contributed by atoms with van der Waals surface area (Å²) < 4.78 is 3.73. The van der Waals surface area contributed by atoms with Crippen LogP contribution in [0, 0.1) is 6.92 Å². The van der Waals surface area contributed by atoms with Crippen LogP contribution in [-0.2, 0) is 6.42 Å². The van der Waals surface area contributed by atoms with Crippen molar-refractivity contribution in [3.8, 4) is 22.9 Å². The normalized spacial score (nSPS) is 14.4. The standard InChI is InChI=1S/C30H25N9O/c1-18-16-20(11-14-32-18)30(40)36-24-8-5-19-17-21(6-7-22(19)24)39-28(23-4-2-12-33-27(23)31)35-25-9-10-26(37-29(25)39)38-15-3-13-34-38/h2-4,6-7,9-17,24H,5,8H2,1H3,(H2,31,33)(H,36,40)/t24-/m0/s1. The van der Waals surface area contributed by atoms with Gasteiger partial charge in [-0.2, -0.15) is 5.10 Å². The first-order chi connectivity index (χ1) is 19.5. The Hall–Kier alpha value is -5.38. The molecule has 10 nitrogen and oxygen atoms in total. The smallest absolute Gasteiger partial charge is 0.251 e. The summed E-state index contributed by atoms with van der Waals surface area (Å²) in [6.45, 7) is 1.88. The number of benzene rings is 1. The molecule has 7 rings (SSSR count). The SMILES string of the molecule is Cc1cc(C(=O)N[C@H]2CCc3cc(-n4c(-c5cccnc5N)nc5ccc(-n6cccn6)nc54)ccc32)ccn1. The number of hydrogen-bond donors (Lipinski definition) is 2. The maximum Gasteiger partial charge on any atom is 0.251 e. The molecule has 0 saturated carbocycles. The summed E-state index contributed by atoms with van der Waals surface area (Å²) in [5.74, 6) is 1.63. The van der Waals surface area contributed by atoms with Gasteiger partial charge in [-0.25, -0.2) is 19.6 Å². The van der Waals surface area contributed by atoms with E-state index in [1.54, 1.807) is 35.4 Å². The van der Waals surface area contributed by atoms with E-state index in [1.807, 2.05) is 54.1 Å². The number of hydrogen-bond acceptors (Lipinski definition) is 7. The van der Waals surface area contributed by atoms with Gasteiger partial charge in [-0.1, -0.05) is 6.07 Å². The Bertz CT molecular complexity index is 1890. The number of nitrogen functional groups attached to an aromatic ring is 1. The molecule has 6 aromatic rings. The van der Waals surface area contributed by atoms with E-state index >= 15 is 0 Å². The minimum atomic E-state index is -0.0993. The van der Waals surface area contributed by atoms with Gasteiger partial charge in [0.05, 0.1) is 11.6 Å². The second kappa shape index (κ2) is 9.42. The van der Waals surface area contributed by atoms with Gasteiger partial charge in [0.1, 0.15) is 11.3 Å². The number of imidazole rings is 1. The van der Waals surface area contributed by atoms with Gasteiger partial charge in [-0.3, -0.25) is 14.3 Å². The molecule has 0 bridgehead atoms. The van der Waals surface area contributed by atoms with Gasteiger partial charge in [0.2, 0.25) is 0 Å². The number of anilines is 1. The molecular weight excluding hydrogens is 502 g/mol. The van der Waals surface area contributed by atoms with Crippen LogP contribution >= 0.6 is 0 Å². The lowest BCUT2D eigenvalue weighted by Gasteiger charge is -2.16. The number of rotatable bonds is 5. The van der Waals surface area contributed by atoms with Crippen LogP contribution in [0.15, 0.2) is 85.5 Å². The number of nitrogens with two attached hydrogens (primary N) is 1. The second-order valence-electron chi connectivity index (χ2n) is 9.80. The summed E-state index contributed by atoms with van der Waals surface area (Å²) >= 11 is 0. The highest BCUT2D eigenvalue weighted by Crippen LogP contribution is 2.36. The molecule has 196 valence electrons. The van der Waals surface area contributed by atoms with Crippen LogP contribution in [0.2, 0.25) is 0 Å². The number of aromatic nitrogens is 7. The fourth-order valence-electron chi connectivity index (χ4n) is 5.33. The molecule has 40 heavy (non-hydrogen) atoms. The predicted octanol–water partition coefficient (Wildman–Crippen LogP) is 4.37. The third-order valence-electron chi connectivity index (χ3n) is 7.24. The van der Waals surface area contributed by atoms with Crippen LogP contribution < -0.4 is 11.1 Å². The number of carbonyl (C=O) groups is 1. The van der Waals surface area contributed by atoms with Crippen LogP contribution in [0.3, 0.4) is 0 Å². The topological polar surface area (TPSA) is 129 Å². The summed E-state index contributed by atoms with van der Waals surface area (Å²) in [7, 11) is 0. The highest BCUT2D eigenvalue weighted by Gasteiger charge is 2.26. The van der Waals surface area contributed by atoms with Crippen molar-refractivity contribution in [2.45, 2.75) is 25.8 Å². The molecular formula is C30H25N9O. The minimum Gasteiger partial charge on any atom is -0.383 e. The molecule has 0 spiro atoms. The molecule has 0 fully saturated rings. The van der Waals surface area contributed by atoms with Crippen molar-refractivity contribution in [1.82, 2.24) is 39.6 Å². The summed E-state index contributed by atoms with van der Waals surface area (Å²) in [6.07, 6.45) is 8.56. The van der Waals surface area contributed by atoms with Gasteiger partial charge in [-0.05, 0) is 85.5 Å². The number of pyridine rings is 3. The third-order valence-corrected chi connectivity index (χ3v) is 7.24. The highest BCUT2D eigenvalue weighted by atomic mass is 16.1. The summed E-state index contributed by atoms with van der Waals surface area (Å²) in [4.78, 5) is 31.3. The molecule has 0 unspecified atom stereocenters. The number of nitrogens with zero attached hydrogens (tertiary/aromatic N) is 7. The van der Waals surface area contributed by atoms with Crippen molar-refractivity contribution in [3.63, 3.8) is 0 Å². The summed E-state index contributed by atoms with van der Waals surface area (Å²) in [5.41, 5.74) is 13.0. The Kier molecular flexibility index (Phi) is 5.59. The summed E-state index contributed by atoms with van der Waals surface area (Å²) in [6, 6.07) is 19.2. The van der Waals surface area contributed by atoms with E-state index in [0.29, 0.717) is 28.7 Å². The molecule has 1 aromatic carbocycles. The van der Waals surface area contributed by atoms with Gasteiger partial charge in [-0.15, -0.1) is 0 Å². The lowest BCUT2D eigenvalue weighted by atomic mass is 10.1. The third kappa shape index (κ3) is 4.06. The molecule has 3 N–H and O–H groups in total. The zero-order valence-electron chi connectivity index (χ0n) is 21.7. The van der Waals surface area contributed by atoms with E-state index in [9.17, 15) is 4.79 Å². The minimum absolute atomic E-state index is 0.0671. The largest absolute Gasteiger partial charge is 0.383 e. The zero-order chi connectivity index (χ0) is 27.2. The molecule has 0 aliphatic heterocycles.